The molecule has 3 heterocycles. The van der Waals surface area contributed by atoms with Gasteiger partial charge in [-0.2, -0.15) is 0 Å². The number of carbonyl (C=O) groups is 1. The van der Waals surface area contributed by atoms with E-state index >= 15 is 0 Å². The zero-order valence-corrected chi connectivity index (χ0v) is 18.9. The normalized spacial score (nSPS) is 10.9. The number of thioether (sulfide) groups is 1. The molecule has 0 spiro atoms. The topological polar surface area (TPSA) is 76.8 Å². The molecule has 0 atom stereocenters. The summed E-state index contributed by atoms with van der Waals surface area (Å²) in [5, 5.41) is 12.3. The summed E-state index contributed by atoms with van der Waals surface area (Å²) in [5.74, 6) is 1.32. The van der Waals surface area contributed by atoms with E-state index < -0.39 is 0 Å². The quantitative estimate of drug-likeness (QED) is 0.366. The minimum Gasteiger partial charge on any atom is -0.338 e. The van der Waals surface area contributed by atoms with Crippen LogP contribution in [0.5, 0.6) is 0 Å². The first-order valence-electron chi connectivity index (χ1n) is 9.99. The van der Waals surface area contributed by atoms with Crippen molar-refractivity contribution in [1.29, 1.82) is 0 Å². The highest BCUT2D eigenvalue weighted by atomic mass is 32.2. The smallest absolute Gasteiger partial charge is 0.273 e. The first-order chi connectivity index (χ1) is 15.2. The molecule has 1 aromatic carbocycles. The molecule has 0 radical (unpaired) electrons. The summed E-state index contributed by atoms with van der Waals surface area (Å²) in [4.78, 5) is 23.1. The third kappa shape index (κ3) is 4.67. The van der Waals surface area contributed by atoms with Crippen molar-refractivity contribution in [2.45, 2.75) is 24.8 Å². The number of rotatable bonds is 8. The van der Waals surface area contributed by atoms with Crippen molar-refractivity contribution in [1.82, 2.24) is 29.6 Å². The van der Waals surface area contributed by atoms with Gasteiger partial charge in [-0.1, -0.05) is 30.0 Å². The Morgan fingerprint density at radius 2 is 1.90 bits per heavy atom. The number of hydrogen-bond acceptors (Lipinski definition) is 7. The van der Waals surface area contributed by atoms with Gasteiger partial charge in [0, 0.05) is 42.1 Å². The highest BCUT2D eigenvalue weighted by Crippen LogP contribution is 2.30. The zero-order valence-electron chi connectivity index (χ0n) is 17.3. The second kappa shape index (κ2) is 9.84. The van der Waals surface area contributed by atoms with Crippen LogP contribution in [0.15, 0.2) is 65.4 Å². The molecule has 0 saturated carbocycles. The van der Waals surface area contributed by atoms with E-state index in [0.717, 1.165) is 27.2 Å². The largest absolute Gasteiger partial charge is 0.338 e. The summed E-state index contributed by atoms with van der Waals surface area (Å²) in [5.41, 5.74) is 2.38. The van der Waals surface area contributed by atoms with Gasteiger partial charge < -0.3 is 4.90 Å². The number of amides is 1. The lowest BCUT2D eigenvalue weighted by atomic mass is 10.2. The maximum absolute atomic E-state index is 12.5. The first-order valence-corrected chi connectivity index (χ1v) is 11.9. The minimum atomic E-state index is -0.0242. The molecule has 0 unspecified atom stereocenters. The van der Waals surface area contributed by atoms with Crippen LogP contribution >= 0.6 is 23.1 Å². The Morgan fingerprint density at radius 3 is 2.61 bits per heavy atom. The van der Waals surface area contributed by atoms with Gasteiger partial charge in [-0.05, 0) is 38.1 Å². The molecule has 0 bridgehead atoms. The number of thiazole rings is 1. The SMILES string of the molecule is CCN(CC)C(=O)c1csc(CSc2nnc(-c3cccnc3)n2-c2ccccc2)n1. The van der Waals surface area contributed by atoms with Gasteiger partial charge in [-0.25, -0.2) is 4.98 Å². The van der Waals surface area contributed by atoms with E-state index in [0.29, 0.717) is 24.5 Å². The lowest BCUT2D eigenvalue weighted by Crippen LogP contribution is -2.30. The summed E-state index contributed by atoms with van der Waals surface area (Å²) < 4.78 is 2.03. The number of hydrogen-bond donors (Lipinski definition) is 0. The van der Waals surface area contributed by atoms with Crippen LogP contribution in [-0.4, -0.2) is 48.6 Å². The van der Waals surface area contributed by atoms with Gasteiger partial charge in [-0.15, -0.1) is 21.5 Å². The van der Waals surface area contributed by atoms with Crippen molar-refractivity contribution >= 4 is 29.0 Å². The van der Waals surface area contributed by atoms with Crippen LogP contribution in [0.4, 0.5) is 0 Å². The van der Waals surface area contributed by atoms with Crippen LogP contribution in [-0.2, 0) is 5.75 Å². The van der Waals surface area contributed by atoms with E-state index in [1.54, 1.807) is 29.1 Å². The summed E-state index contributed by atoms with van der Waals surface area (Å²) in [6.45, 7) is 5.30. The molecule has 31 heavy (non-hydrogen) atoms. The summed E-state index contributed by atoms with van der Waals surface area (Å²) in [7, 11) is 0. The van der Waals surface area contributed by atoms with Crippen molar-refractivity contribution in [2.24, 2.45) is 0 Å². The number of carbonyl (C=O) groups excluding carboxylic acids is 1. The predicted molar refractivity (Wildman–Crippen MR) is 124 cm³/mol. The van der Waals surface area contributed by atoms with Crippen LogP contribution in [0.1, 0.15) is 29.3 Å². The minimum absolute atomic E-state index is 0.0242. The van der Waals surface area contributed by atoms with Gasteiger partial charge in [0.1, 0.15) is 10.7 Å². The van der Waals surface area contributed by atoms with Crippen LogP contribution in [0, 0.1) is 0 Å². The molecule has 158 valence electrons. The van der Waals surface area contributed by atoms with Crippen LogP contribution < -0.4 is 0 Å². The molecule has 9 heteroatoms. The molecule has 0 aliphatic rings. The van der Waals surface area contributed by atoms with Crippen molar-refractivity contribution in [3.8, 4) is 17.1 Å². The fourth-order valence-electron chi connectivity index (χ4n) is 3.13. The molecule has 7 nitrogen and oxygen atoms in total. The summed E-state index contributed by atoms with van der Waals surface area (Å²) in [6.07, 6.45) is 3.52. The standard InChI is InChI=1S/C22H22N6OS2/c1-3-27(4-2)21(29)18-14-30-19(24-18)15-31-22-26-25-20(16-9-8-12-23-13-16)28(22)17-10-6-5-7-11-17/h5-14H,3-4,15H2,1-2H3. The molecule has 1 amide bonds. The second-order valence-corrected chi connectivity index (χ2v) is 8.50. The van der Waals surface area contributed by atoms with Gasteiger partial charge in [0.05, 0.1) is 5.75 Å². The number of benzene rings is 1. The molecular formula is C22H22N6OS2. The van der Waals surface area contributed by atoms with Gasteiger partial charge >= 0.3 is 0 Å². The highest BCUT2D eigenvalue weighted by Gasteiger charge is 2.19. The van der Waals surface area contributed by atoms with Crippen LogP contribution in [0.2, 0.25) is 0 Å². The number of aromatic nitrogens is 5. The van der Waals surface area contributed by atoms with Gasteiger partial charge in [0.2, 0.25) is 0 Å². The van der Waals surface area contributed by atoms with Gasteiger partial charge in [0.15, 0.2) is 11.0 Å². The number of para-hydroxylation sites is 1. The Balaban J connectivity index is 1.59. The van der Waals surface area contributed by atoms with Gasteiger partial charge in [-0.3, -0.25) is 14.3 Å². The average molecular weight is 451 g/mol. The first kappa shape index (κ1) is 21.2. The van der Waals surface area contributed by atoms with Crippen LogP contribution in [0.3, 0.4) is 0 Å². The van der Waals surface area contributed by atoms with E-state index in [1.165, 1.54) is 11.3 Å². The molecule has 3 aromatic heterocycles. The Labute approximate surface area is 189 Å². The molecule has 0 fully saturated rings. The fraction of sp³-hybridized carbons (Fsp3) is 0.227. The molecule has 0 N–H and O–H groups in total. The van der Waals surface area contributed by atoms with Gasteiger partial charge in [0.25, 0.3) is 5.91 Å². The lowest BCUT2D eigenvalue weighted by Gasteiger charge is -2.16. The Hall–Kier alpha value is -3.04. The Bertz CT molecular complexity index is 1140. The van der Waals surface area contributed by atoms with E-state index in [9.17, 15) is 4.79 Å². The van der Waals surface area contributed by atoms with E-state index in [2.05, 4.69) is 20.2 Å². The van der Waals surface area contributed by atoms with Crippen molar-refractivity contribution in [3.05, 3.63) is 70.9 Å². The molecule has 0 aliphatic heterocycles. The monoisotopic (exact) mass is 450 g/mol. The van der Waals surface area contributed by atoms with Crippen LogP contribution in [0.25, 0.3) is 17.1 Å². The number of pyridine rings is 1. The molecule has 4 aromatic rings. The second-order valence-electron chi connectivity index (χ2n) is 6.61. The summed E-state index contributed by atoms with van der Waals surface area (Å²) >= 11 is 3.04. The van der Waals surface area contributed by atoms with Crippen molar-refractivity contribution in [2.75, 3.05) is 13.1 Å². The van der Waals surface area contributed by atoms with E-state index in [4.69, 9.17) is 0 Å². The zero-order chi connectivity index (χ0) is 21.6. The molecule has 0 saturated heterocycles. The van der Waals surface area contributed by atoms with Crippen molar-refractivity contribution in [3.63, 3.8) is 0 Å². The average Bonchev–Trinajstić information content (AvgIpc) is 3.47. The Morgan fingerprint density at radius 1 is 1.10 bits per heavy atom. The van der Waals surface area contributed by atoms with E-state index in [-0.39, 0.29) is 5.91 Å². The third-order valence-corrected chi connectivity index (χ3v) is 6.69. The summed E-state index contributed by atoms with van der Waals surface area (Å²) in [6, 6.07) is 13.9. The highest BCUT2D eigenvalue weighted by molar-refractivity contribution is 7.98. The fourth-order valence-corrected chi connectivity index (χ4v) is 4.87. The number of nitrogens with zero attached hydrogens (tertiary/aromatic N) is 6. The van der Waals surface area contributed by atoms with E-state index in [1.807, 2.05) is 66.3 Å². The van der Waals surface area contributed by atoms with Crippen molar-refractivity contribution < 1.29 is 4.79 Å². The lowest BCUT2D eigenvalue weighted by molar-refractivity contribution is 0.0768. The third-order valence-electron chi connectivity index (χ3n) is 4.71. The Kier molecular flexibility index (Phi) is 6.73. The maximum atomic E-state index is 12.5. The predicted octanol–water partition coefficient (Wildman–Crippen LogP) is 4.56. The molecular weight excluding hydrogens is 428 g/mol. The molecule has 0 aliphatic carbocycles. The maximum Gasteiger partial charge on any atom is 0.273 e. The molecule has 4 rings (SSSR count).